The summed E-state index contributed by atoms with van der Waals surface area (Å²) in [6, 6.07) is 10.6. The summed E-state index contributed by atoms with van der Waals surface area (Å²) < 4.78 is 13.6. The topological polar surface area (TPSA) is 73.3 Å². The molecule has 148 valence electrons. The fourth-order valence-electron chi connectivity index (χ4n) is 2.07. The molecule has 0 saturated carbocycles. The molecule has 0 radical (unpaired) electrons. The largest absolute Gasteiger partial charge is 0.435 e. The van der Waals surface area contributed by atoms with Crippen molar-refractivity contribution in [2.75, 3.05) is 18.7 Å². The third-order valence-corrected chi connectivity index (χ3v) is 4.69. The first kappa shape index (κ1) is 22.1. The quantitative estimate of drug-likeness (QED) is 0.300. The summed E-state index contributed by atoms with van der Waals surface area (Å²) in [7, 11) is 0. The Morgan fingerprint density at radius 3 is 2.64 bits per heavy atom. The molecule has 0 aliphatic carbocycles. The van der Waals surface area contributed by atoms with Crippen molar-refractivity contribution >= 4 is 52.1 Å². The monoisotopic (exact) mass is 439 g/mol. The van der Waals surface area contributed by atoms with Gasteiger partial charge in [-0.1, -0.05) is 45.9 Å². The lowest BCUT2D eigenvalue weighted by Crippen LogP contribution is -2.11. The van der Waals surface area contributed by atoms with E-state index in [0.717, 1.165) is 5.56 Å². The van der Waals surface area contributed by atoms with Crippen molar-refractivity contribution in [1.82, 2.24) is 9.59 Å². The van der Waals surface area contributed by atoms with Crippen molar-refractivity contribution in [3.63, 3.8) is 0 Å². The average Bonchev–Trinajstić information content (AvgIpc) is 3.29. The minimum Gasteiger partial charge on any atom is -0.435 e. The van der Waals surface area contributed by atoms with E-state index in [1.165, 1.54) is 11.5 Å². The molecule has 1 heterocycles. The number of benzene rings is 2. The number of halogens is 2. The molecule has 0 spiro atoms. The molecule has 3 rings (SSSR count). The highest BCUT2D eigenvalue weighted by Crippen LogP contribution is 2.36. The second-order valence-corrected chi connectivity index (χ2v) is 6.79. The molecule has 0 atom stereocenters. The minimum absolute atomic E-state index is 0.0877. The highest BCUT2D eigenvalue weighted by molar-refractivity contribution is 7.03. The van der Waals surface area contributed by atoms with Crippen molar-refractivity contribution in [1.29, 1.82) is 0 Å². The summed E-state index contributed by atoms with van der Waals surface area (Å²) in [6.45, 7) is 4.09. The van der Waals surface area contributed by atoms with E-state index in [-0.39, 0.29) is 6.79 Å². The van der Waals surface area contributed by atoms with E-state index in [9.17, 15) is 4.79 Å². The van der Waals surface area contributed by atoms with Crippen LogP contribution in [-0.4, -0.2) is 29.0 Å². The second-order valence-electron chi connectivity index (χ2n) is 5.35. The Kier molecular flexibility index (Phi) is 9.16. The lowest BCUT2D eigenvalue weighted by Gasteiger charge is -2.15. The standard InChI is InChI=1S/C17H17Cl2NO3.C2H2N2S/c1-3-22-10-23-17(21)12-6-4-5-7-14(12)20-16-13(18)9-8-11(2)15(16)19;1-2-5-4-3-1/h4-9,20H,3,10H2,1-2H3;1-2H. The van der Waals surface area contributed by atoms with Crippen molar-refractivity contribution in [3.8, 4) is 0 Å². The normalized spacial score (nSPS) is 10.0. The molecule has 0 aliphatic rings. The molecule has 1 N–H and O–H groups in total. The molecule has 0 bridgehead atoms. The first-order valence-corrected chi connectivity index (χ1v) is 9.90. The van der Waals surface area contributed by atoms with Gasteiger partial charge in [0.25, 0.3) is 0 Å². The van der Waals surface area contributed by atoms with Crippen molar-refractivity contribution in [2.45, 2.75) is 13.8 Å². The van der Waals surface area contributed by atoms with Gasteiger partial charge in [-0.05, 0) is 49.1 Å². The zero-order valence-corrected chi connectivity index (χ0v) is 17.6. The molecule has 0 unspecified atom stereocenters. The first-order valence-electron chi connectivity index (χ1n) is 8.31. The maximum atomic E-state index is 12.2. The van der Waals surface area contributed by atoms with Gasteiger partial charge in [-0.15, -0.1) is 5.10 Å². The second kappa shape index (κ2) is 11.6. The number of carbonyl (C=O) groups excluding carboxylic acids is 1. The van der Waals surface area contributed by atoms with Crippen LogP contribution >= 0.6 is 34.7 Å². The fraction of sp³-hybridized carbons (Fsp3) is 0.211. The van der Waals surface area contributed by atoms with Crippen LogP contribution in [0.5, 0.6) is 0 Å². The molecule has 0 fully saturated rings. The summed E-state index contributed by atoms with van der Waals surface area (Å²) >= 11 is 13.9. The third-order valence-electron chi connectivity index (χ3n) is 3.45. The van der Waals surface area contributed by atoms with E-state index in [1.807, 2.05) is 25.3 Å². The van der Waals surface area contributed by atoms with Gasteiger partial charge in [0.15, 0.2) is 6.79 Å². The highest BCUT2D eigenvalue weighted by Gasteiger charge is 2.15. The molecular formula is C19H19Cl2N3O3S. The Bertz CT molecular complexity index is 875. The van der Waals surface area contributed by atoms with Gasteiger partial charge in [0.2, 0.25) is 0 Å². The Hall–Kier alpha value is -2.19. The van der Waals surface area contributed by atoms with Crippen LogP contribution in [0.4, 0.5) is 11.4 Å². The van der Waals surface area contributed by atoms with E-state index < -0.39 is 5.97 Å². The van der Waals surface area contributed by atoms with E-state index in [2.05, 4.69) is 14.9 Å². The number of ether oxygens (including phenoxy) is 2. The zero-order valence-electron chi connectivity index (χ0n) is 15.3. The van der Waals surface area contributed by atoms with Gasteiger partial charge in [0, 0.05) is 12.0 Å². The summed E-state index contributed by atoms with van der Waals surface area (Å²) in [6.07, 6.45) is 1.66. The first-order chi connectivity index (χ1) is 13.5. The number of nitrogens with zero attached hydrogens (tertiary/aromatic N) is 2. The molecule has 0 amide bonds. The lowest BCUT2D eigenvalue weighted by atomic mass is 10.1. The number of aromatic nitrogens is 2. The van der Waals surface area contributed by atoms with Gasteiger partial charge in [-0.25, -0.2) is 4.79 Å². The number of hydrogen-bond acceptors (Lipinski definition) is 7. The third kappa shape index (κ3) is 6.45. The van der Waals surface area contributed by atoms with Gasteiger partial charge >= 0.3 is 5.97 Å². The molecular weight excluding hydrogens is 421 g/mol. The maximum absolute atomic E-state index is 12.2. The van der Waals surface area contributed by atoms with Crippen LogP contribution in [-0.2, 0) is 9.47 Å². The maximum Gasteiger partial charge on any atom is 0.342 e. The Balaban J connectivity index is 0.000000485. The van der Waals surface area contributed by atoms with Crippen molar-refractivity contribution in [3.05, 3.63) is 69.1 Å². The van der Waals surface area contributed by atoms with Gasteiger partial charge in [-0.3, -0.25) is 0 Å². The number of rotatable bonds is 6. The number of para-hydroxylation sites is 1. The van der Waals surface area contributed by atoms with E-state index in [1.54, 1.807) is 36.5 Å². The van der Waals surface area contributed by atoms with Crippen molar-refractivity contribution in [2.24, 2.45) is 0 Å². The molecule has 1 aromatic heterocycles. The van der Waals surface area contributed by atoms with Crippen LogP contribution in [0.2, 0.25) is 10.0 Å². The Morgan fingerprint density at radius 1 is 1.21 bits per heavy atom. The summed E-state index contributed by atoms with van der Waals surface area (Å²) in [4.78, 5) is 12.2. The predicted molar refractivity (Wildman–Crippen MR) is 113 cm³/mol. The average molecular weight is 440 g/mol. The van der Waals surface area contributed by atoms with Gasteiger partial charge in [-0.2, -0.15) is 0 Å². The molecule has 0 aliphatic heterocycles. The van der Waals surface area contributed by atoms with Crippen LogP contribution in [0.3, 0.4) is 0 Å². The summed E-state index contributed by atoms with van der Waals surface area (Å²) in [5.74, 6) is -0.485. The number of carbonyl (C=O) groups is 1. The molecule has 9 heteroatoms. The molecule has 0 saturated heterocycles. The van der Waals surface area contributed by atoms with E-state index in [4.69, 9.17) is 32.7 Å². The molecule has 6 nitrogen and oxygen atoms in total. The van der Waals surface area contributed by atoms with Gasteiger partial charge in [0.05, 0.1) is 33.2 Å². The van der Waals surface area contributed by atoms with Crippen LogP contribution in [0.25, 0.3) is 0 Å². The Morgan fingerprint density at radius 2 is 2.00 bits per heavy atom. The van der Waals surface area contributed by atoms with Gasteiger partial charge < -0.3 is 14.8 Å². The van der Waals surface area contributed by atoms with Crippen LogP contribution < -0.4 is 5.32 Å². The summed E-state index contributed by atoms with van der Waals surface area (Å²) in [5.41, 5.74) is 2.37. The smallest absolute Gasteiger partial charge is 0.342 e. The fourth-order valence-corrected chi connectivity index (χ4v) is 2.81. The number of esters is 1. The number of anilines is 2. The van der Waals surface area contributed by atoms with E-state index in [0.29, 0.717) is 33.6 Å². The number of hydrogen-bond donors (Lipinski definition) is 1. The number of aryl methyl sites for hydroxylation is 1. The Labute approximate surface area is 177 Å². The van der Waals surface area contributed by atoms with Crippen molar-refractivity contribution < 1.29 is 14.3 Å². The number of nitrogens with one attached hydrogen (secondary N) is 1. The highest BCUT2D eigenvalue weighted by atomic mass is 35.5. The molecule has 2 aromatic carbocycles. The zero-order chi connectivity index (χ0) is 20.4. The lowest BCUT2D eigenvalue weighted by molar-refractivity contribution is -0.0273. The minimum atomic E-state index is -0.485. The van der Waals surface area contributed by atoms with Crippen LogP contribution in [0.1, 0.15) is 22.8 Å². The summed E-state index contributed by atoms with van der Waals surface area (Å²) in [5, 5.41) is 9.41. The predicted octanol–water partition coefficient (Wildman–Crippen LogP) is 5.73. The van der Waals surface area contributed by atoms with Crippen LogP contribution in [0, 0.1) is 6.92 Å². The SMILES string of the molecule is CCOCOC(=O)c1ccccc1Nc1c(Cl)ccc(C)c1Cl.c1csnn1. The van der Waals surface area contributed by atoms with Gasteiger partial charge in [0.1, 0.15) is 0 Å². The molecule has 3 aromatic rings. The molecule has 28 heavy (non-hydrogen) atoms. The van der Waals surface area contributed by atoms with E-state index >= 15 is 0 Å². The van der Waals surface area contributed by atoms with Crippen LogP contribution in [0.15, 0.2) is 48.0 Å².